The second-order valence-corrected chi connectivity index (χ2v) is 9.60. The summed E-state index contributed by atoms with van der Waals surface area (Å²) in [5.74, 6) is 2.45. The molecule has 1 aromatic carbocycles. The largest absolute Gasteiger partial charge is 0.342 e. The molecule has 0 saturated carbocycles. The molecule has 0 spiro atoms. The van der Waals surface area contributed by atoms with Crippen LogP contribution in [-0.4, -0.2) is 46.3 Å². The van der Waals surface area contributed by atoms with Crippen LogP contribution in [0.15, 0.2) is 30.3 Å². The predicted molar refractivity (Wildman–Crippen MR) is 126 cm³/mol. The van der Waals surface area contributed by atoms with Crippen molar-refractivity contribution in [1.29, 1.82) is 0 Å². The summed E-state index contributed by atoms with van der Waals surface area (Å²) in [7, 11) is 0. The van der Waals surface area contributed by atoms with Gasteiger partial charge in [0.15, 0.2) is 0 Å². The van der Waals surface area contributed by atoms with Gasteiger partial charge in [0.1, 0.15) is 11.6 Å². The van der Waals surface area contributed by atoms with Gasteiger partial charge in [-0.25, -0.2) is 9.97 Å². The summed E-state index contributed by atoms with van der Waals surface area (Å²) in [5.41, 5.74) is 3.16. The zero-order valence-electron chi connectivity index (χ0n) is 19.7. The molecule has 0 unspecified atom stereocenters. The molecule has 0 N–H and O–H groups in total. The molecule has 0 radical (unpaired) electrons. The SMILES string of the molecule is Cc1nc(C2CCN(C(=O)[C@@H](C)c3ccccc3)CC2)nc2c1CCC(=O)N2CC(C)C. The summed E-state index contributed by atoms with van der Waals surface area (Å²) in [6, 6.07) is 9.97. The second kappa shape index (κ2) is 9.39. The highest BCUT2D eigenvalue weighted by Crippen LogP contribution is 2.33. The fraction of sp³-hybridized carbons (Fsp3) is 0.538. The molecule has 2 aliphatic heterocycles. The minimum atomic E-state index is -0.134. The Morgan fingerprint density at radius 3 is 2.41 bits per heavy atom. The number of hydrogen-bond donors (Lipinski definition) is 0. The lowest BCUT2D eigenvalue weighted by molar-refractivity contribution is -0.133. The first-order valence-electron chi connectivity index (χ1n) is 11.9. The number of amides is 2. The van der Waals surface area contributed by atoms with Crippen molar-refractivity contribution in [2.45, 2.75) is 65.2 Å². The highest BCUT2D eigenvalue weighted by Gasteiger charge is 2.32. The fourth-order valence-electron chi connectivity index (χ4n) is 4.86. The Labute approximate surface area is 191 Å². The van der Waals surface area contributed by atoms with Gasteiger partial charge in [0, 0.05) is 43.2 Å². The number of likely N-dealkylation sites (tertiary alicyclic amines) is 1. The normalized spacial score (nSPS) is 18.1. The van der Waals surface area contributed by atoms with Crippen LogP contribution in [0.25, 0.3) is 0 Å². The van der Waals surface area contributed by atoms with E-state index in [4.69, 9.17) is 9.97 Å². The van der Waals surface area contributed by atoms with Gasteiger partial charge in [-0.2, -0.15) is 0 Å². The van der Waals surface area contributed by atoms with Crippen LogP contribution in [0, 0.1) is 12.8 Å². The number of nitrogens with zero attached hydrogens (tertiary/aromatic N) is 4. The van der Waals surface area contributed by atoms with E-state index in [-0.39, 0.29) is 23.7 Å². The number of aromatic nitrogens is 2. The van der Waals surface area contributed by atoms with Crippen LogP contribution < -0.4 is 4.90 Å². The number of carbonyl (C=O) groups is 2. The summed E-state index contributed by atoms with van der Waals surface area (Å²) in [4.78, 5) is 39.2. The van der Waals surface area contributed by atoms with Crippen LogP contribution in [0.4, 0.5) is 5.82 Å². The van der Waals surface area contributed by atoms with Crippen molar-refractivity contribution in [3.63, 3.8) is 0 Å². The molecule has 4 rings (SSSR count). The summed E-state index contributed by atoms with van der Waals surface area (Å²) < 4.78 is 0. The van der Waals surface area contributed by atoms with Crippen LogP contribution in [0.2, 0.25) is 0 Å². The number of hydrogen-bond acceptors (Lipinski definition) is 4. The quantitative estimate of drug-likeness (QED) is 0.706. The Bertz CT molecular complexity index is 981. The maximum atomic E-state index is 13.0. The predicted octanol–water partition coefficient (Wildman–Crippen LogP) is 4.23. The molecule has 32 heavy (non-hydrogen) atoms. The Kier molecular flexibility index (Phi) is 6.58. The first kappa shape index (κ1) is 22.4. The number of fused-ring (bicyclic) bond motifs is 1. The van der Waals surface area contributed by atoms with Crippen molar-refractivity contribution in [2.75, 3.05) is 24.5 Å². The van der Waals surface area contributed by atoms with Gasteiger partial charge < -0.3 is 4.90 Å². The molecule has 2 amide bonds. The monoisotopic (exact) mass is 434 g/mol. The summed E-state index contributed by atoms with van der Waals surface area (Å²) in [6.07, 6.45) is 2.95. The average molecular weight is 435 g/mol. The van der Waals surface area contributed by atoms with Crippen LogP contribution >= 0.6 is 0 Å². The highest BCUT2D eigenvalue weighted by molar-refractivity contribution is 5.95. The molecule has 1 saturated heterocycles. The van der Waals surface area contributed by atoms with E-state index in [1.165, 1.54) is 0 Å². The summed E-state index contributed by atoms with van der Waals surface area (Å²) in [6.45, 7) is 10.4. The van der Waals surface area contributed by atoms with Crippen LogP contribution in [0.3, 0.4) is 0 Å². The lowest BCUT2D eigenvalue weighted by Crippen LogP contribution is -2.41. The molecular weight excluding hydrogens is 400 g/mol. The van der Waals surface area contributed by atoms with Crippen LogP contribution in [0.1, 0.15) is 74.5 Å². The topological polar surface area (TPSA) is 66.4 Å². The lowest BCUT2D eigenvalue weighted by atomic mass is 9.93. The Hall–Kier alpha value is -2.76. The van der Waals surface area contributed by atoms with Gasteiger partial charge in [0.05, 0.1) is 5.92 Å². The van der Waals surface area contributed by atoms with Crippen molar-refractivity contribution in [1.82, 2.24) is 14.9 Å². The zero-order valence-corrected chi connectivity index (χ0v) is 19.7. The van der Waals surface area contributed by atoms with Crippen LogP contribution in [-0.2, 0) is 16.0 Å². The van der Waals surface area contributed by atoms with Gasteiger partial charge in [-0.1, -0.05) is 44.2 Å². The third-order valence-corrected chi connectivity index (χ3v) is 6.74. The molecule has 6 heteroatoms. The van der Waals surface area contributed by atoms with Gasteiger partial charge in [0.25, 0.3) is 0 Å². The van der Waals surface area contributed by atoms with Crippen molar-refractivity contribution >= 4 is 17.6 Å². The number of rotatable bonds is 5. The van der Waals surface area contributed by atoms with Gasteiger partial charge in [0.2, 0.25) is 11.8 Å². The minimum Gasteiger partial charge on any atom is -0.342 e. The molecule has 2 aliphatic rings. The smallest absolute Gasteiger partial charge is 0.229 e. The van der Waals surface area contributed by atoms with Crippen molar-refractivity contribution in [3.05, 3.63) is 53.0 Å². The number of benzene rings is 1. The molecule has 170 valence electrons. The third-order valence-electron chi connectivity index (χ3n) is 6.74. The second-order valence-electron chi connectivity index (χ2n) is 9.60. The number of anilines is 1. The lowest BCUT2D eigenvalue weighted by Gasteiger charge is -2.34. The zero-order chi connectivity index (χ0) is 22.8. The molecule has 6 nitrogen and oxygen atoms in total. The fourth-order valence-corrected chi connectivity index (χ4v) is 4.86. The summed E-state index contributed by atoms with van der Waals surface area (Å²) >= 11 is 0. The van der Waals surface area contributed by atoms with E-state index in [2.05, 4.69) is 13.8 Å². The standard InChI is InChI=1S/C26H34N4O2/c1-17(2)16-30-23(31)11-10-22-19(4)27-24(28-25(22)30)21-12-14-29(15-13-21)26(32)18(3)20-8-6-5-7-9-20/h5-9,17-18,21H,10-16H2,1-4H3/t18-/m0/s1. The summed E-state index contributed by atoms with van der Waals surface area (Å²) in [5, 5.41) is 0. The Balaban J connectivity index is 1.48. The molecule has 1 fully saturated rings. The van der Waals surface area contributed by atoms with E-state index in [1.807, 2.05) is 54.0 Å². The van der Waals surface area contributed by atoms with Gasteiger partial charge in [-0.15, -0.1) is 0 Å². The maximum Gasteiger partial charge on any atom is 0.229 e. The molecule has 1 atom stereocenters. The molecule has 1 aromatic heterocycles. The molecule has 0 bridgehead atoms. The van der Waals surface area contributed by atoms with Gasteiger partial charge in [-0.3, -0.25) is 14.5 Å². The van der Waals surface area contributed by atoms with E-state index in [1.54, 1.807) is 0 Å². The first-order valence-corrected chi connectivity index (χ1v) is 11.9. The Morgan fingerprint density at radius 2 is 1.75 bits per heavy atom. The highest BCUT2D eigenvalue weighted by atomic mass is 16.2. The maximum absolute atomic E-state index is 13.0. The van der Waals surface area contributed by atoms with Gasteiger partial charge in [-0.05, 0) is 44.6 Å². The van der Waals surface area contributed by atoms with Crippen molar-refractivity contribution in [3.8, 4) is 0 Å². The van der Waals surface area contributed by atoms with Gasteiger partial charge >= 0.3 is 0 Å². The van der Waals surface area contributed by atoms with E-state index in [9.17, 15) is 9.59 Å². The van der Waals surface area contributed by atoms with Crippen LogP contribution in [0.5, 0.6) is 0 Å². The number of aryl methyl sites for hydroxylation is 1. The number of carbonyl (C=O) groups excluding carboxylic acids is 2. The molecule has 2 aromatic rings. The third kappa shape index (κ3) is 4.54. The van der Waals surface area contributed by atoms with E-state index in [0.29, 0.717) is 18.9 Å². The Morgan fingerprint density at radius 1 is 1.06 bits per heavy atom. The van der Waals surface area contributed by atoms with E-state index in [0.717, 1.165) is 60.8 Å². The molecular formula is C26H34N4O2. The van der Waals surface area contributed by atoms with Crippen molar-refractivity contribution < 1.29 is 9.59 Å². The average Bonchev–Trinajstić information content (AvgIpc) is 2.80. The minimum absolute atomic E-state index is 0.134. The molecule has 0 aliphatic carbocycles. The number of piperidine rings is 1. The molecule has 3 heterocycles. The van der Waals surface area contributed by atoms with E-state index >= 15 is 0 Å². The van der Waals surface area contributed by atoms with Crippen molar-refractivity contribution in [2.24, 2.45) is 5.92 Å². The van der Waals surface area contributed by atoms with E-state index < -0.39 is 0 Å². The first-order chi connectivity index (χ1) is 15.3.